The van der Waals surface area contributed by atoms with Crippen LogP contribution in [0.2, 0.25) is 0 Å². The molecule has 0 unspecified atom stereocenters. The van der Waals surface area contributed by atoms with E-state index in [1.54, 1.807) is 12.1 Å². The van der Waals surface area contributed by atoms with Crippen LogP contribution < -0.4 is 10.6 Å². The molecule has 1 fully saturated rings. The minimum atomic E-state index is -4.42. The van der Waals surface area contributed by atoms with Crippen LogP contribution >= 0.6 is 0 Å². The van der Waals surface area contributed by atoms with Crippen molar-refractivity contribution in [1.82, 2.24) is 9.97 Å². The second-order valence-corrected chi connectivity index (χ2v) is 5.58. The summed E-state index contributed by atoms with van der Waals surface area (Å²) in [4.78, 5) is 8.13. The van der Waals surface area contributed by atoms with Crippen molar-refractivity contribution < 1.29 is 13.2 Å². The molecule has 4 nitrogen and oxygen atoms in total. The van der Waals surface area contributed by atoms with Gasteiger partial charge in [0.2, 0.25) is 0 Å². The molecule has 0 amide bonds. The molecule has 0 bridgehead atoms. The number of aromatic nitrogens is 2. The van der Waals surface area contributed by atoms with Gasteiger partial charge in [0, 0.05) is 12.1 Å². The van der Waals surface area contributed by atoms with Crippen molar-refractivity contribution in [2.75, 3.05) is 10.6 Å². The van der Waals surface area contributed by atoms with Gasteiger partial charge >= 0.3 is 6.18 Å². The van der Waals surface area contributed by atoms with Crippen LogP contribution in [0.1, 0.15) is 31.2 Å². The molecule has 122 valence electrons. The average molecular weight is 322 g/mol. The van der Waals surface area contributed by atoms with Gasteiger partial charge in [0.05, 0.1) is 11.3 Å². The summed E-state index contributed by atoms with van der Waals surface area (Å²) in [6.45, 7) is 0. The molecule has 0 radical (unpaired) electrons. The minimum Gasteiger partial charge on any atom is -0.367 e. The first-order valence-electron chi connectivity index (χ1n) is 7.54. The molecule has 1 aromatic heterocycles. The lowest BCUT2D eigenvalue weighted by atomic mass is 10.1. The van der Waals surface area contributed by atoms with Crippen molar-refractivity contribution in [2.24, 2.45) is 0 Å². The van der Waals surface area contributed by atoms with Crippen molar-refractivity contribution in [1.29, 1.82) is 0 Å². The fraction of sp³-hybridized carbons (Fsp3) is 0.375. The molecule has 1 saturated carbocycles. The van der Waals surface area contributed by atoms with Gasteiger partial charge in [-0.3, -0.25) is 0 Å². The van der Waals surface area contributed by atoms with E-state index in [2.05, 4.69) is 20.6 Å². The smallest absolute Gasteiger partial charge is 0.367 e. The first kappa shape index (κ1) is 15.6. The van der Waals surface area contributed by atoms with Gasteiger partial charge < -0.3 is 10.6 Å². The third kappa shape index (κ3) is 3.91. The maximum atomic E-state index is 13.0. The number of anilines is 3. The number of para-hydroxylation sites is 1. The molecular formula is C16H17F3N4. The van der Waals surface area contributed by atoms with Gasteiger partial charge in [-0.05, 0) is 25.0 Å². The number of nitrogens with zero attached hydrogens (tertiary/aromatic N) is 2. The molecular weight excluding hydrogens is 305 g/mol. The van der Waals surface area contributed by atoms with Gasteiger partial charge in [-0.1, -0.05) is 25.0 Å². The highest BCUT2D eigenvalue weighted by Gasteiger charge is 2.33. The highest BCUT2D eigenvalue weighted by atomic mass is 19.4. The van der Waals surface area contributed by atoms with E-state index in [-0.39, 0.29) is 5.69 Å². The number of hydrogen-bond acceptors (Lipinski definition) is 4. The standard InChI is InChI=1S/C16H17F3N4/c17-16(18,19)12-7-3-4-8-13(12)23-15-9-14(20-10-21-15)22-11-5-1-2-6-11/h3-4,7-11H,1-2,5-6H2,(H2,20,21,22,23). The molecule has 3 rings (SSSR count). The lowest BCUT2D eigenvalue weighted by Crippen LogP contribution is -2.15. The van der Waals surface area contributed by atoms with Crippen LogP contribution in [0.3, 0.4) is 0 Å². The highest BCUT2D eigenvalue weighted by molar-refractivity contribution is 5.63. The van der Waals surface area contributed by atoms with E-state index >= 15 is 0 Å². The summed E-state index contributed by atoms with van der Waals surface area (Å²) in [5.41, 5.74) is -0.741. The molecule has 1 aliphatic rings. The largest absolute Gasteiger partial charge is 0.418 e. The number of alkyl halides is 3. The Morgan fingerprint density at radius 3 is 2.43 bits per heavy atom. The molecule has 0 atom stereocenters. The van der Waals surface area contributed by atoms with Crippen molar-refractivity contribution in [3.05, 3.63) is 42.2 Å². The van der Waals surface area contributed by atoms with E-state index in [0.717, 1.165) is 18.9 Å². The topological polar surface area (TPSA) is 49.8 Å². The Labute approximate surface area is 132 Å². The van der Waals surface area contributed by atoms with Gasteiger partial charge in [-0.25, -0.2) is 9.97 Å². The van der Waals surface area contributed by atoms with E-state index in [1.165, 1.54) is 31.3 Å². The molecule has 2 N–H and O–H groups in total. The van der Waals surface area contributed by atoms with E-state index in [0.29, 0.717) is 17.7 Å². The Morgan fingerprint density at radius 2 is 1.70 bits per heavy atom. The molecule has 7 heteroatoms. The highest BCUT2D eigenvalue weighted by Crippen LogP contribution is 2.35. The Balaban J connectivity index is 1.78. The number of halogens is 3. The minimum absolute atomic E-state index is 0.0227. The van der Waals surface area contributed by atoms with Gasteiger partial charge in [0.1, 0.15) is 18.0 Å². The van der Waals surface area contributed by atoms with Crippen LogP contribution in [0, 0.1) is 0 Å². The Hall–Kier alpha value is -2.31. The van der Waals surface area contributed by atoms with Gasteiger partial charge in [-0.15, -0.1) is 0 Å². The van der Waals surface area contributed by atoms with Crippen LogP contribution in [-0.2, 0) is 6.18 Å². The normalized spacial score (nSPS) is 15.6. The summed E-state index contributed by atoms with van der Waals surface area (Å²) in [7, 11) is 0. The predicted octanol–water partition coefficient (Wildman–Crippen LogP) is 4.59. The van der Waals surface area contributed by atoms with Crippen molar-refractivity contribution >= 4 is 17.3 Å². The molecule has 1 heterocycles. The lowest BCUT2D eigenvalue weighted by molar-refractivity contribution is -0.136. The van der Waals surface area contributed by atoms with E-state index in [1.807, 2.05) is 0 Å². The molecule has 2 aromatic rings. The lowest BCUT2D eigenvalue weighted by Gasteiger charge is -2.15. The maximum Gasteiger partial charge on any atom is 0.418 e. The number of rotatable bonds is 4. The summed E-state index contributed by atoms with van der Waals surface area (Å²) in [6, 6.07) is 7.35. The van der Waals surface area contributed by atoms with E-state index in [4.69, 9.17) is 0 Å². The van der Waals surface area contributed by atoms with Crippen LogP contribution in [0.25, 0.3) is 0 Å². The fourth-order valence-corrected chi connectivity index (χ4v) is 2.76. The molecule has 0 spiro atoms. The zero-order valence-electron chi connectivity index (χ0n) is 12.4. The number of hydrogen-bond donors (Lipinski definition) is 2. The summed E-state index contributed by atoms with van der Waals surface area (Å²) in [6.07, 6.45) is 1.48. The Bertz CT molecular complexity index is 666. The maximum absolute atomic E-state index is 13.0. The van der Waals surface area contributed by atoms with Gasteiger partial charge in [-0.2, -0.15) is 13.2 Å². The first-order chi connectivity index (χ1) is 11.0. The monoisotopic (exact) mass is 322 g/mol. The second-order valence-electron chi connectivity index (χ2n) is 5.58. The Morgan fingerprint density at radius 1 is 1.00 bits per heavy atom. The molecule has 1 aliphatic carbocycles. The third-order valence-electron chi connectivity index (χ3n) is 3.87. The summed E-state index contributed by atoms with van der Waals surface area (Å²) >= 11 is 0. The van der Waals surface area contributed by atoms with E-state index < -0.39 is 11.7 Å². The van der Waals surface area contributed by atoms with Crippen molar-refractivity contribution in [3.8, 4) is 0 Å². The van der Waals surface area contributed by atoms with Crippen LogP contribution in [0.4, 0.5) is 30.5 Å². The van der Waals surface area contributed by atoms with Gasteiger partial charge in [0.25, 0.3) is 0 Å². The second kappa shape index (κ2) is 6.44. The first-order valence-corrected chi connectivity index (χ1v) is 7.54. The summed E-state index contributed by atoms with van der Waals surface area (Å²) in [5, 5.41) is 6.03. The molecule has 23 heavy (non-hydrogen) atoms. The summed E-state index contributed by atoms with van der Waals surface area (Å²) in [5.74, 6) is 0.955. The quantitative estimate of drug-likeness (QED) is 0.864. The van der Waals surface area contributed by atoms with Crippen molar-refractivity contribution in [2.45, 2.75) is 37.9 Å². The third-order valence-corrected chi connectivity index (χ3v) is 3.87. The molecule has 1 aromatic carbocycles. The van der Waals surface area contributed by atoms with Crippen molar-refractivity contribution in [3.63, 3.8) is 0 Å². The number of nitrogens with one attached hydrogen (secondary N) is 2. The van der Waals surface area contributed by atoms with Gasteiger partial charge in [0.15, 0.2) is 0 Å². The van der Waals surface area contributed by atoms with Crippen LogP contribution in [0.5, 0.6) is 0 Å². The zero-order chi connectivity index (χ0) is 16.3. The number of benzene rings is 1. The average Bonchev–Trinajstić information content (AvgIpc) is 3.00. The summed E-state index contributed by atoms with van der Waals surface area (Å²) < 4.78 is 39.0. The van der Waals surface area contributed by atoms with E-state index in [9.17, 15) is 13.2 Å². The van der Waals surface area contributed by atoms with Crippen LogP contribution in [-0.4, -0.2) is 16.0 Å². The molecule has 0 aliphatic heterocycles. The van der Waals surface area contributed by atoms with Crippen LogP contribution in [0.15, 0.2) is 36.7 Å². The fourth-order valence-electron chi connectivity index (χ4n) is 2.76. The Kier molecular flexibility index (Phi) is 4.36. The SMILES string of the molecule is FC(F)(F)c1ccccc1Nc1cc(NC2CCCC2)ncn1. The zero-order valence-corrected chi connectivity index (χ0v) is 12.4. The predicted molar refractivity (Wildman–Crippen MR) is 82.6 cm³/mol. The molecule has 0 saturated heterocycles.